The van der Waals surface area contributed by atoms with E-state index in [0.717, 1.165) is 0 Å². The summed E-state index contributed by atoms with van der Waals surface area (Å²) in [6.45, 7) is 4.33. The summed E-state index contributed by atoms with van der Waals surface area (Å²) >= 11 is 0. The molecular formula is C14H20F4O5P2. The Kier molecular flexibility index (Phi) is 8.78. The number of benzene rings is 1. The van der Waals surface area contributed by atoms with E-state index >= 15 is 0 Å². The van der Waals surface area contributed by atoms with Crippen LogP contribution < -0.4 is 0 Å². The van der Waals surface area contributed by atoms with Gasteiger partial charge in [-0.1, -0.05) is 0 Å². The van der Waals surface area contributed by atoms with Crippen LogP contribution in [0.3, 0.4) is 0 Å². The summed E-state index contributed by atoms with van der Waals surface area (Å²) in [4.78, 5) is 0. The molecule has 1 aromatic rings. The maximum absolute atomic E-state index is 14.2. The van der Waals surface area contributed by atoms with Crippen molar-refractivity contribution in [1.29, 1.82) is 0 Å². The number of hydrogen-bond acceptors (Lipinski definition) is 5. The van der Waals surface area contributed by atoms with E-state index in [-0.39, 0.29) is 19.8 Å². The second-order valence-corrected chi connectivity index (χ2v) is 8.24. The maximum Gasteiger partial charge on any atom is 0.335 e. The SMILES string of the molecule is CCO[PH](=O)Cc1c(F)c(F)c(CP(=O)(OCC)OCC)c(F)c1F. The van der Waals surface area contributed by atoms with Gasteiger partial charge in [-0.05, 0) is 20.8 Å². The topological polar surface area (TPSA) is 61.8 Å². The summed E-state index contributed by atoms with van der Waals surface area (Å²) in [5.74, 6) is -6.85. The highest BCUT2D eigenvalue weighted by atomic mass is 31.2. The summed E-state index contributed by atoms with van der Waals surface area (Å²) in [7, 11) is -6.88. The first-order chi connectivity index (χ1) is 11.7. The predicted octanol–water partition coefficient (Wildman–Crippen LogP) is 5.02. The van der Waals surface area contributed by atoms with Gasteiger partial charge >= 0.3 is 7.60 Å². The molecule has 1 unspecified atom stereocenters. The molecule has 0 fully saturated rings. The zero-order valence-corrected chi connectivity index (χ0v) is 15.9. The van der Waals surface area contributed by atoms with Gasteiger partial charge in [-0.2, -0.15) is 0 Å². The van der Waals surface area contributed by atoms with E-state index in [2.05, 4.69) is 0 Å². The van der Waals surface area contributed by atoms with E-state index in [1.165, 1.54) is 20.8 Å². The summed E-state index contributed by atoms with van der Waals surface area (Å²) < 4.78 is 95.0. The van der Waals surface area contributed by atoms with Crippen LogP contribution in [-0.4, -0.2) is 19.8 Å². The molecule has 0 radical (unpaired) electrons. The Morgan fingerprint density at radius 2 is 1.28 bits per heavy atom. The third kappa shape index (κ3) is 5.63. The molecule has 0 saturated carbocycles. The van der Waals surface area contributed by atoms with Crippen LogP contribution in [0.15, 0.2) is 0 Å². The molecule has 0 bridgehead atoms. The average molecular weight is 406 g/mol. The van der Waals surface area contributed by atoms with Crippen molar-refractivity contribution in [3.8, 4) is 0 Å². The highest BCUT2D eigenvalue weighted by molar-refractivity contribution is 7.53. The van der Waals surface area contributed by atoms with Crippen LogP contribution in [0.4, 0.5) is 17.6 Å². The Balaban J connectivity index is 3.32. The lowest BCUT2D eigenvalue weighted by atomic mass is 10.1. The van der Waals surface area contributed by atoms with E-state index in [9.17, 15) is 26.7 Å². The van der Waals surface area contributed by atoms with Crippen molar-refractivity contribution in [2.45, 2.75) is 33.1 Å². The number of rotatable bonds is 10. The van der Waals surface area contributed by atoms with Crippen LogP contribution in [0.2, 0.25) is 0 Å². The molecule has 5 nitrogen and oxygen atoms in total. The van der Waals surface area contributed by atoms with Crippen LogP contribution in [0.1, 0.15) is 31.9 Å². The summed E-state index contributed by atoms with van der Waals surface area (Å²) in [5.41, 5.74) is -2.10. The lowest BCUT2D eigenvalue weighted by molar-refractivity contribution is 0.218. The monoisotopic (exact) mass is 406 g/mol. The molecule has 0 saturated heterocycles. The Labute approximate surface area is 144 Å². The fourth-order valence-corrected chi connectivity index (χ4v) is 4.82. The first-order valence-electron chi connectivity index (χ1n) is 7.58. The third-order valence-corrected chi connectivity index (χ3v) is 6.33. The van der Waals surface area contributed by atoms with E-state index < -0.39 is 62.3 Å². The minimum atomic E-state index is -3.98. The van der Waals surface area contributed by atoms with Crippen LogP contribution >= 0.6 is 15.6 Å². The van der Waals surface area contributed by atoms with Crippen LogP contribution in [-0.2, 0) is 35.0 Å². The summed E-state index contributed by atoms with van der Waals surface area (Å²) in [5, 5.41) is 0. The third-order valence-electron chi connectivity index (χ3n) is 3.08. The van der Waals surface area contributed by atoms with Gasteiger partial charge in [0.15, 0.2) is 31.3 Å². The van der Waals surface area contributed by atoms with Crippen LogP contribution in [0, 0.1) is 23.3 Å². The zero-order valence-electron chi connectivity index (χ0n) is 14.0. The van der Waals surface area contributed by atoms with Crippen molar-refractivity contribution in [3.63, 3.8) is 0 Å². The van der Waals surface area contributed by atoms with Crippen molar-refractivity contribution >= 4 is 15.6 Å². The number of hydrogen-bond donors (Lipinski definition) is 0. The lowest BCUT2D eigenvalue weighted by Gasteiger charge is -2.18. The molecule has 0 aliphatic carbocycles. The van der Waals surface area contributed by atoms with Gasteiger partial charge in [0.25, 0.3) is 0 Å². The summed E-state index contributed by atoms with van der Waals surface area (Å²) in [6, 6.07) is 0. The molecule has 144 valence electrons. The predicted molar refractivity (Wildman–Crippen MR) is 85.2 cm³/mol. The average Bonchev–Trinajstić information content (AvgIpc) is 2.54. The van der Waals surface area contributed by atoms with Gasteiger partial charge < -0.3 is 13.6 Å². The molecule has 0 heterocycles. The normalized spacial score (nSPS) is 13.2. The highest BCUT2D eigenvalue weighted by Gasteiger charge is 2.33. The van der Waals surface area contributed by atoms with E-state index in [1.54, 1.807) is 0 Å². The first kappa shape index (κ1) is 22.3. The molecule has 0 N–H and O–H groups in total. The zero-order chi connectivity index (χ0) is 19.2. The second-order valence-electron chi connectivity index (χ2n) is 4.80. The van der Waals surface area contributed by atoms with Crippen molar-refractivity contribution in [2.75, 3.05) is 19.8 Å². The van der Waals surface area contributed by atoms with Crippen molar-refractivity contribution < 1.29 is 40.3 Å². The Bertz CT molecular complexity index is 645. The van der Waals surface area contributed by atoms with E-state index in [0.29, 0.717) is 0 Å². The Morgan fingerprint density at radius 3 is 1.68 bits per heavy atom. The Morgan fingerprint density at radius 1 is 0.840 bits per heavy atom. The second kappa shape index (κ2) is 9.83. The molecule has 25 heavy (non-hydrogen) atoms. The van der Waals surface area contributed by atoms with Gasteiger partial charge in [0.1, 0.15) is 0 Å². The molecule has 11 heteroatoms. The summed E-state index contributed by atoms with van der Waals surface area (Å²) in [6.07, 6.45) is -1.76. The first-order valence-corrected chi connectivity index (χ1v) is 10.8. The highest BCUT2D eigenvalue weighted by Crippen LogP contribution is 2.52. The van der Waals surface area contributed by atoms with Gasteiger partial charge in [-0.25, -0.2) is 17.6 Å². The quantitative estimate of drug-likeness (QED) is 0.310. The van der Waals surface area contributed by atoms with Crippen molar-refractivity contribution in [1.82, 2.24) is 0 Å². The molecule has 1 aromatic carbocycles. The van der Waals surface area contributed by atoms with E-state index in [4.69, 9.17) is 13.6 Å². The molecule has 0 spiro atoms. The Hall–Kier alpha value is -0.720. The van der Waals surface area contributed by atoms with Gasteiger partial charge in [0, 0.05) is 11.1 Å². The fourth-order valence-electron chi connectivity index (χ4n) is 2.09. The molecule has 0 aliphatic rings. The maximum atomic E-state index is 14.2. The largest absolute Gasteiger partial charge is 0.335 e. The molecule has 0 aliphatic heterocycles. The lowest BCUT2D eigenvalue weighted by Crippen LogP contribution is -2.10. The van der Waals surface area contributed by atoms with Gasteiger partial charge in [0.05, 0.1) is 32.1 Å². The molecule has 0 amide bonds. The number of halogens is 4. The van der Waals surface area contributed by atoms with E-state index in [1.807, 2.05) is 0 Å². The van der Waals surface area contributed by atoms with Crippen molar-refractivity contribution in [3.05, 3.63) is 34.4 Å². The van der Waals surface area contributed by atoms with Gasteiger partial charge in [0.2, 0.25) is 0 Å². The van der Waals surface area contributed by atoms with Gasteiger partial charge in [-0.15, -0.1) is 0 Å². The van der Waals surface area contributed by atoms with Gasteiger partial charge in [-0.3, -0.25) is 9.13 Å². The molecular weight excluding hydrogens is 386 g/mol. The van der Waals surface area contributed by atoms with Crippen LogP contribution in [0.5, 0.6) is 0 Å². The fraction of sp³-hybridized carbons (Fsp3) is 0.571. The standard InChI is InChI=1S/C14H20F4O5P2/c1-4-21-24(19)7-9-11(15)13(17)10(14(18)12(9)16)8-25(20,22-5-2)23-6-3/h24H,4-8H2,1-3H3. The minimum Gasteiger partial charge on any atom is -0.331 e. The molecule has 1 rings (SSSR count). The molecule has 1 atom stereocenters. The smallest absolute Gasteiger partial charge is 0.331 e. The minimum absolute atomic E-state index is 0.0238. The molecule has 0 aromatic heterocycles. The van der Waals surface area contributed by atoms with Crippen LogP contribution in [0.25, 0.3) is 0 Å². The van der Waals surface area contributed by atoms with Crippen molar-refractivity contribution in [2.24, 2.45) is 0 Å².